The number of rotatable bonds is 6. The first-order valence-electron chi connectivity index (χ1n) is 8.02. The van der Waals surface area contributed by atoms with Crippen molar-refractivity contribution in [2.45, 2.75) is 25.3 Å². The fourth-order valence-corrected chi connectivity index (χ4v) is 2.66. The number of hydrogen-bond donors (Lipinski definition) is 1. The van der Waals surface area contributed by atoms with Gasteiger partial charge in [0.25, 0.3) is 0 Å². The van der Waals surface area contributed by atoms with Gasteiger partial charge in [-0.05, 0) is 31.0 Å². The summed E-state index contributed by atoms with van der Waals surface area (Å²) in [5, 5.41) is 11.3. The summed E-state index contributed by atoms with van der Waals surface area (Å²) in [5.41, 5.74) is 1.68. The molecular weight excluding hydrogens is 302 g/mol. The lowest BCUT2D eigenvalue weighted by Gasteiger charge is -2.23. The zero-order valence-electron chi connectivity index (χ0n) is 14.0. The summed E-state index contributed by atoms with van der Waals surface area (Å²) in [4.78, 5) is 13.9. The van der Waals surface area contributed by atoms with E-state index in [1.54, 1.807) is 7.05 Å². The summed E-state index contributed by atoms with van der Waals surface area (Å²) in [6.07, 6.45) is 7.85. The van der Waals surface area contributed by atoms with Gasteiger partial charge in [0.1, 0.15) is 5.82 Å². The van der Waals surface area contributed by atoms with Crippen molar-refractivity contribution in [3.05, 3.63) is 41.5 Å². The molecule has 0 saturated heterocycles. The van der Waals surface area contributed by atoms with Gasteiger partial charge in [-0.25, -0.2) is 0 Å². The molecule has 0 radical (unpaired) electrons. The summed E-state index contributed by atoms with van der Waals surface area (Å²) in [5.74, 6) is 4.97. The van der Waals surface area contributed by atoms with Crippen molar-refractivity contribution in [2.75, 3.05) is 18.5 Å². The topological polar surface area (TPSA) is 63.1 Å². The van der Waals surface area contributed by atoms with Crippen LogP contribution in [0.2, 0.25) is 0 Å². The fourth-order valence-electron chi connectivity index (χ4n) is 2.66. The van der Waals surface area contributed by atoms with E-state index in [1.165, 1.54) is 12.8 Å². The minimum atomic E-state index is -0.0642. The van der Waals surface area contributed by atoms with Gasteiger partial charge in [0.2, 0.25) is 5.91 Å². The van der Waals surface area contributed by atoms with E-state index in [9.17, 15) is 4.79 Å². The predicted molar refractivity (Wildman–Crippen MR) is 92.5 cm³/mol. The summed E-state index contributed by atoms with van der Waals surface area (Å²) in [6.45, 7) is 0.730. The second kappa shape index (κ2) is 6.75. The average molecular weight is 323 g/mol. The van der Waals surface area contributed by atoms with Crippen molar-refractivity contribution >= 4 is 11.6 Å². The van der Waals surface area contributed by atoms with Crippen molar-refractivity contribution in [3.8, 4) is 12.3 Å². The third-order valence-electron chi connectivity index (χ3n) is 4.26. The first-order chi connectivity index (χ1) is 11.6. The number of terminal acetylenes is 1. The van der Waals surface area contributed by atoms with Crippen LogP contribution >= 0.6 is 0 Å². The van der Waals surface area contributed by atoms with E-state index in [0.717, 1.165) is 22.9 Å². The molecule has 1 heterocycles. The standard InChI is InChI=1S/C18H21N5O/c1-4-13-6-5-7-15(10-13)23(12-17(24)19-2)11-16-20-21-18(22(16)3)14-8-9-14/h1,5-7,10,14H,8-9,11-12H2,2-3H3,(H,19,24). The van der Waals surface area contributed by atoms with Crippen LogP contribution in [-0.2, 0) is 18.4 Å². The Kier molecular flexibility index (Phi) is 4.52. The highest BCUT2D eigenvalue weighted by Gasteiger charge is 2.29. The van der Waals surface area contributed by atoms with Crippen LogP contribution in [0.1, 0.15) is 36.0 Å². The number of aromatic nitrogens is 3. The van der Waals surface area contributed by atoms with Crippen LogP contribution < -0.4 is 10.2 Å². The molecule has 1 aliphatic carbocycles. The number of benzene rings is 1. The minimum absolute atomic E-state index is 0.0642. The number of hydrogen-bond acceptors (Lipinski definition) is 4. The highest BCUT2D eigenvalue weighted by Crippen LogP contribution is 2.38. The molecule has 3 rings (SSSR count). The van der Waals surface area contributed by atoms with Gasteiger partial charge < -0.3 is 14.8 Å². The number of carbonyl (C=O) groups excluding carboxylic acids is 1. The molecule has 24 heavy (non-hydrogen) atoms. The molecule has 0 bridgehead atoms. The van der Waals surface area contributed by atoms with E-state index >= 15 is 0 Å². The van der Waals surface area contributed by atoms with Crippen LogP contribution in [0.15, 0.2) is 24.3 Å². The number of amides is 1. The van der Waals surface area contributed by atoms with Crippen LogP contribution in [0.4, 0.5) is 5.69 Å². The summed E-state index contributed by atoms with van der Waals surface area (Å²) in [6, 6.07) is 7.62. The largest absolute Gasteiger partial charge is 0.358 e. The number of carbonyl (C=O) groups is 1. The van der Waals surface area contributed by atoms with Crippen LogP contribution in [0.25, 0.3) is 0 Å². The van der Waals surface area contributed by atoms with E-state index < -0.39 is 0 Å². The van der Waals surface area contributed by atoms with E-state index in [2.05, 4.69) is 21.4 Å². The molecule has 0 aliphatic heterocycles. The lowest BCUT2D eigenvalue weighted by molar-refractivity contribution is -0.119. The summed E-state index contributed by atoms with van der Waals surface area (Å²) in [7, 11) is 3.62. The monoisotopic (exact) mass is 323 g/mol. The van der Waals surface area contributed by atoms with Crippen LogP contribution in [0.5, 0.6) is 0 Å². The maximum Gasteiger partial charge on any atom is 0.239 e. The second-order valence-corrected chi connectivity index (χ2v) is 6.03. The zero-order chi connectivity index (χ0) is 17.1. The molecule has 1 amide bonds. The molecule has 124 valence electrons. The van der Waals surface area contributed by atoms with Gasteiger partial charge in [0.15, 0.2) is 5.82 Å². The smallest absolute Gasteiger partial charge is 0.239 e. The SMILES string of the molecule is C#Cc1cccc(N(CC(=O)NC)Cc2nnc(C3CC3)n2C)c1. The lowest BCUT2D eigenvalue weighted by atomic mass is 10.2. The number of anilines is 1. The summed E-state index contributed by atoms with van der Waals surface area (Å²) >= 11 is 0. The molecule has 6 heteroatoms. The van der Waals surface area contributed by atoms with E-state index in [-0.39, 0.29) is 12.5 Å². The Morgan fingerprint density at radius 2 is 2.25 bits per heavy atom. The molecule has 1 aromatic carbocycles. The highest BCUT2D eigenvalue weighted by molar-refractivity contribution is 5.81. The second-order valence-electron chi connectivity index (χ2n) is 6.03. The number of nitrogens with zero attached hydrogens (tertiary/aromatic N) is 4. The molecule has 0 atom stereocenters. The maximum absolute atomic E-state index is 11.9. The van der Waals surface area contributed by atoms with Crippen molar-refractivity contribution in [1.29, 1.82) is 0 Å². The lowest BCUT2D eigenvalue weighted by Crippen LogP contribution is -2.36. The minimum Gasteiger partial charge on any atom is -0.358 e. The molecular formula is C18H21N5O. The molecule has 1 aliphatic rings. The predicted octanol–water partition coefficient (Wildman–Crippen LogP) is 1.43. The average Bonchev–Trinajstić information content (AvgIpc) is 3.39. The zero-order valence-corrected chi connectivity index (χ0v) is 14.0. The fraction of sp³-hybridized carbons (Fsp3) is 0.389. The Labute approximate surface area is 141 Å². The van der Waals surface area contributed by atoms with Gasteiger partial charge in [0.05, 0.1) is 13.1 Å². The maximum atomic E-state index is 11.9. The Balaban J connectivity index is 1.87. The molecule has 1 N–H and O–H groups in total. The van der Waals surface area contributed by atoms with Crippen molar-refractivity contribution in [3.63, 3.8) is 0 Å². The molecule has 6 nitrogen and oxygen atoms in total. The molecule has 1 aromatic heterocycles. The van der Waals surface area contributed by atoms with Crippen molar-refractivity contribution in [1.82, 2.24) is 20.1 Å². The molecule has 0 unspecified atom stereocenters. The molecule has 1 saturated carbocycles. The van der Waals surface area contributed by atoms with Gasteiger partial charge in [-0.2, -0.15) is 0 Å². The van der Waals surface area contributed by atoms with Gasteiger partial charge in [0, 0.05) is 31.3 Å². The van der Waals surface area contributed by atoms with Crippen LogP contribution in [0.3, 0.4) is 0 Å². The first kappa shape index (κ1) is 16.1. The molecule has 0 spiro atoms. The highest BCUT2D eigenvalue weighted by atomic mass is 16.1. The van der Waals surface area contributed by atoms with E-state index in [0.29, 0.717) is 12.5 Å². The van der Waals surface area contributed by atoms with Crippen molar-refractivity contribution < 1.29 is 4.79 Å². The van der Waals surface area contributed by atoms with Gasteiger partial charge in [-0.3, -0.25) is 4.79 Å². The van der Waals surface area contributed by atoms with Crippen LogP contribution in [0, 0.1) is 12.3 Å². The number of likely N-dealkylation sites (N-methyl/N-ethyl adjacent to an activating group) is 1. The van der Waals surface area contributed by atoms with Crippen molar-refractivity contribution in [2.24, 2.45) is 7.05 Å². The summed E-state index contributed by atoms with van der Waals surface area (Å²) < 4.78 is 2.04. The van der Waals surface area contributed by atoms with E-state index in [4.69, 9.17) is 6.42 Å². The Morgan fingerprint density at radius 3 is 2.92 bits per heavy atom. The van der Waals surface area contributed by atoms with Gasteiger partial charge in [-0.1, -0.05) is 12.0 Å². The third kappa shape index (κ3) is 3.40. The quantitative estimate of drug-likeness (QED) is 0.817. The first-order valence-corrected chi connectivity index (χ1v) is 8.02. The molecule has 2 aromatic rings. The normalized spacial score (nSPS) is 13.4. The third-order valence-corrected chi connectivity index (χ3v) is 4.26. The Morgan fingerprint density at radius 1 is 1.46 bits per heavy atom. The Hall–Kier alpha value is -2.81. The van der Waals surface area contributed by atoms with E-state index in [1.807, 2.05) is 40.8 Å². The number of nitrogens with one attached hydrogen (secondary N) is 1. The Bertz CT molecular complexity index is 785. The molecule has 1 fully saturated rings. The van der Waals surface area contributed by atoms with Crippen LogP contribution in [-0.4, -0.2) is 34.3 Å². The van der Waals surface area contributed by atoms with Gasteiger partial charge >= 0.3 is 0 Å². The van der Waals surface area contributed by atoms with Gasteiger partial charge in [-0.15, -0.1) is 16.6 Å².